The highest BCUT2D eigenvalue weighted by molar-refractivity contribution is 5.94. The van der Waals surface area contributed by atoms with Crippen LogP contribution in [0.1, 0.15) is 26.3 Å². The zero-order valence-electron chi connectivity index (χ0n) is 18.0. The van der Waals surface area contributed by atoms with E-state index in [1.54, 1.807) is 0 Å². The number of amides is 3. The van der Waals surface area contributed by atoms with Crippen LogP contribution in [-0.2, 0) is 25.6 Å². The summed E-state index contributed by atoms with van der Waals surface area (Å²) in [6, 6.07) is 0.364. The van der Waals surface area contributed by atoms with E-state index in [-0.39, 0.29) is 12.2 Å². The fraction of sp³-hybridized carbons (Fsp3) is 0.500. The van der Waals surface area contributed by atoms with E-state index < -0.39 is 60.1 Å². The third kappa shape index (κ3) is 8.13. The fourth-order valence-corrected chi connectivity index (χ4v) is 2.67. The van der Waals surface area contributed by atoms with Crippen LogP contribution >= 0.6 is 0 Å². The van der Waals surface area contributed by atoms with Crippen LogP contribution in [0.25, 0.3) is 0 Å². The van der Waals surface area contributed by atoms with Crippen molar-refractivity contribution >= 4 is 23.7 Å². The lowest BCUT2D eigenvalue weighted by Gasteiger charge is -2.26. The number of benzene rings is 1. The van der Waals surface area contributed by atoms with Crippen molar-refractivity contribution in [3.63, 3.8) is 0 Å². The molecule has 0 saturated heterocycles. The van der Waals surface area contributed by atoms with Crippen LogP contribution in [0.15, 0.2) is 24.3 Å². The zero-order valence-corrected chi connectivity index (χ0v) is 18.0. The van der Waals surface area contributed by atoms with Crippen molar-refractivity contribution in [3.8, 4) is 5.75 Å². The molecule has 12 nitrogen and oxygen atoms in total. The van der Waals surface area contributed by atoms with Gasteiger partial charge in [0.15, 0.2) is 6.04 Å². The summed E-state index contributed by atoms with van der Waals surface area (Å²) in [6.07, 6.45) is -2.87. The molecule has 0 saturated carbocycles. The normalized spacial score (nSPS) is 16.6. The van der Waals surface area contributed by atoms with E-state index >= 15 is 0 Å². The Bertz CT molecular complexity index is 810. The molecular weight excluding hydrogens is 424 g/mol. The van der Waals surface area contributed by atoms with Crippen LogP contribution in [0.5, 0.6) is 5.75 Å². The number of aliphatic hydroxyl groups excluding tert-OH is 2. The number of hydrogen-bond donors (Lipinski definition) is 8. The molecule has 178 valence electrons. The molecule has 32 heavy (non-hydrogen) atoms. The number of hydrogen-bond acceptors (Lipinski definition) is 8. The SMILES string of the molecule is CC(N)C(=O)NC(C(=O)NC(Cc1ccc(O)cc1)C(=O)NC(C(=O)O)C(C)O)C(C)O. The van der Waals surface area contributed by atoms with Gasteiger partial charge in [-0.15, -0.1) is 0 Å². The number of aromatic hydroxyl groups is 1. The number of carbonyl (C=O) groups excluding carboxylic acids is 3. The molecule has 0 aromatic heterocycles. The maximum atomic E-state index is 12.8. The minimum Gasteiger partial charge on any atom is -0.508 e. The summed E-state index contributed by atoms with van der Waals surface area (Å²) in [5.41, 5.74) is 5.98. The number of rotatable bonds is 11. The van der Waals surface area contributed by atoms with Gasteiger partial charge in [0.25, 0.3) is 0 Å². The zero-order chi connectivity index (χ0) is 24.6. The molecule has 1 aromatic carbocycles. The molecule has 0 heterocycles. The maximum absolute atomic E-state index is 12.8. The van der Waals surface area contributed by atoms with Gasteiger partial charge in [0.2, 0.25) is 17.7 Å². The number of carboxylic acid groups (broad SMARTS) is 1. The van der Waals surface area contributed by atoms with Crippen molar-refractivity contribution in [1.82, 2.24) is 16.0 Å². The quantitative estimate of drug-likeness (QED) is 0.178. The molecule has 6 atom stereocenters. The van der Waals surface area contributed by atoms with Gasteiger partial charge in [-0.1, -0.05) is 12.1 Å². The molecule has 0 spiro atoms. The summed E-state index contributed by atoms with van der Waals surface area (Å²) < 4.78 is 0. The Morgan fingerprint density at radius 2 is 1.34 bits per heavy atom. The lowest BCUT2D eigenvalue weighted by Crippen LogP contribution is -2.60. The third-order valence-electron chi connectivity index (χ3n) is 4.53. The van der Waals surface area contributed by atoms with Gasteiger partial charge in [-0.2, -0.15) is 0 Å². The maximum Gasteiger partial charge on any atom is 0.328 e. The molecule has 0 aliphatic carbocycles. The monoisotopic (exact) mass is 454 g/mol. The van der Waals surface area contributed by atoms with Crippen molar-refractivity contribution < 1.29 is 39.6 Å². The Hall–Kier alpha value is -3.22. The minimum atomic E-state index is -1.63. The van der Waals surface area contributed by atoms with Gasteiger partial charge in [-0.05, 0) is 38.5 Å². The average Bonchev–Trinajstić information content (AvgIpc) is 2.69. The highest BCUT2D eigenvalue weighted by Gasteiger charge is 2.33. The summed E-state index contributed by atoms with van der Waals surface area (Å²) in [4.78, 5) is 48.7. The van der Waals surface area contributed by atoms with Crippen LogP contribution < -0.4 is 21.7 Å². The molecule has 9 N–H and O–H groups in total. The molecule has 3 amide bonds. The number of phenolic OH excluding ortho intramolecular Hbond substituents is 1. The van der Waals surface area contributed by atoms with Gasteiger partial charge >= 0.3 is 5.97 Å². The minimum absolute atomic E-state index is 0.0216. The van der Waals surface area contributed by atoms with E-state index in [1.807, 2.05) is 0 Å². The smallest absolute Gasteiger partial charge is 0.328 e. The van der Waals surface area contributed by atoms with E-state index in [9.17, 15) is 39.6 Å². The van der Waals surface area contributed by atoms with Crippen molar-refractivity contribution in [2.45, 2.75) is 63.6 Å². The van der Waals surface area contributed by atoms with E-state index in [1.165, 1.54) is 45.0 Å². The number of nitrogens with one attached hydrogen (secondary N) is 3. The van der Waals surface area contributed by atoms with Crippen molar-refractivity contribution in [1.29, 1.82) is 0 Å². The first-order valence-corrected chi connectivity index (χ1v) is 9.87. The number of aliphatic carboxylic acids is 1. The lowest BCUT2D eigenvalue weighted by molar-refractivity contribution is -0.145. The van der Waals surface area contributed by atoms with Crippen LogP contribution in [-0.4, -0.2) is 80.5 Å². The van der Waals surface area contributed by atoms with Crippen LogP contribution in [0.2, 0.25) is 0 Å². The second kappa shape index (κ2) is 12.0. The molecule has 0 radical (unpaired) electrons. The Kier molecular flexibility index (Phi) is 10.0. The lowest BCUT2D eigenvalue weighted by atomic mass is 10.0. The van der Waals surface area contributed by atoms with Crippen molar-refractivity contribution in [3.05, 3.63) is 29.8 Å². The predicted octanol–water partition coefficient (Wildman–Crippen LogP) is -2.42. The van der Waals surface area contributed by atoms with Gasteiger partial charge in [0.1, 0.15) is 17.8 Å². The van der Waals surface area contributed by atoms with Gasteiger partial charge in [0, 0.05) is 6.42 Å². The second-order valence-corrected chi connectivity index (χ2v) is 7.51. The van der Waals surface area contributed by atoms with Crippen molar-refractivity contribution in [2.24, 2.45) is 5.73 Å². The van der Waals surface area contributed by atoms with E-state index in [4.69, 9.17) is 5.73 Å². The number of phenols is 1. The van der Waals surface area contributed by atoms with Gasteiger partial charge in [-0.25, -0.2) is 4.79 Å². The number of aliphatic hydroxyl groups is 2. The highest BCUT2D eigenvalue weighted by Crippen LogP contribution is 2.12. The summed E-state index contributed by atoms with van der Waals surface area (Å²) >= 11 is 0. The van der Waals surface area contributed by atoms with Crippen LogP contribution in [0.3, 0.4) is 0 Å². The topological polar surface area (TPSA) is 211 Å². The molecule has 1 aromatic rings. The summed E-state index contributed by atoms with van der Waals surface area (Å²) in [7, 11) is 0. The third-order valence-corrected chi connectivity index (χ3v) is 4.53. The molecule has 0 fully saturated rings. The summed E-state index contributed by atoms with van der Waals surface area (Å²) in [5.74, 6) is -4.02. The first kappa shape index (κ1) is 26.8. The molecule has 0 aliphatic rings. The summed E-state index contributed by atoms with van der Waals surface area (Å²) in [6.45, 7) is 3.82. The fourth-order valence-electron chi connectivity index (χ4n) is 2.67. The average molecular weight is 454 g/mol. The van der Waals surface area contributed by atoms with E-state index in [0.29, 0.717) is 5.56 Å². The highest BCUT2D eigenvalue weighted by atomic mass is 16.4. The Morgan fingerprint density at radius 1 is 0.844 bits per heavy atom. The standard InChI is InChI=1S/C20H30N4O8/c1-9(21)17(28)23-15(10(2)25)19(30)22-14(8-12-4-6-13(27)7-5-12)18(29)24-16(11(3)26)20(31)32/h4-7,9-11,14-16,25-27H,8,21H2,1-3H3,(H,22,30)(H,23,28)(H,24,29)(H,31,32). The Labute approximate surface area is 184 Å². The largest absolute Gasteiger partial charge is 0.508 e. The molecule has 12 heteroatoms. The molecule has 6 unspecified atom stereocenters. The molecule has 0 aliphatic heterocycles. The van der Waals surface area contributed by atoms with Crippen LogP contribution in [0.4, 0.5) is 0 Å². The van der Waals surface area contributed by atoms with E-state index in [0.717, 1.165) is 0 Å². The second-order valence-electron chi connectivity index (χ2n) is 7.51. The van der Waals surface area contributed by atoms with Gasteiger partial charge in [0.05, 0.1) is 18.2 Å². The first-order chi connectivity index (χ1) is 14.8. The Balaban J connectivity index is 3.13. The Morgan fingerprint density at radius 3 is 1.78 bits per heavy atom. The number of nitrogens with two attached hydrogens (primary N) is 1. The van der Waals surface area contributed by atoms with Gasteiger partial charge in [-0.3, -0.25) is 14.4 Å². The van der Waals surface area contributed by atoms with Crippen LogP contribution in [0, 0.1) is 0 Å². The molecular formula is C20H30N4O8. The van der Waals surface area contributed by atoms with Crippen molar-refractivity contribution in [2.75, 3.05) is 0 Å². The number of carbonyl (C=O) groups is 4. The van der Waals surface area contributed by atoms with Gasteiger partial charge < -0.3 is 42.1 Å². The molecule has 0 bridgehead atoms. The first-order valence-electron chi connectivity index (χ1n) is 9.87. The predicted molar refractivity (Wildman–Crippen MR) is 112 cm³/mol. The molecule has 1 rings (SSSR count). The van der Waals surface area contributed by atoms with E-state index in [2.05, 4.69) is 16.0 Å². The summed E-state index contributed by atoms with van der Waals surface area (Å²) in [5, 5.41) is 45.0. The number of carboxylic acids is 1.